The lowest BCUT2D eigenvalue weighted by Crippen LogP contribution is -2.08. The van der Waals surface area contributed by atoms with Crippen LogP contribution in [0.15, 0.2) is 36.7 Å². The number of aromatic nitrogens is 1. The van der Waals surface area contributed by atoms with Gasteiger partial charge in [-0.2, -0.15) is 0 Å². The fourth-order valence-electron chi connectivity index (χ4n) is 2.23. The predicted molar refractivity (Wildman–Crippen MR) is 81.6 cm³/mol. The highest BCUT2D eigenvalue weighted by Gasteiger charge is 2.07. The van der Waals surface area contributed by atoms with Crippen LogP contribution in [0.1, 0.15) is 42.5 Å². The summed E-state index contributed by atoms with van der Waals surface area (Å²) in [5, 5.41) is 0.827. The van der Waals surface area contributed by atoms with Gasteiger partial charge in [-0.1, -0.05) is 37.1 Å². The summed E-state index contributed by atoms with van der Waals surface area (Å²) in [6, 6.07) is 8.42. The Hall–Kier alpha value is -1.25. The maximum absolute atomic E-state index is 6.26. The third kappa shape index (κ3) is 3.62. The van der Waals surface area contributed by atoms with E-state index >= 15 is 0 Å². The molecule has 19 heavy (non-hydrogen) atoms. The van der Waals surface area contributed by atoms with Crippen LogP contribution in [-0.2, 0) is 6.54 Å². The second-order valence-electron chi connectivity index (χ2n) is 5.11. The molecule has 1 aromatic carbocycles. The number of nitrogens with two attached hydrogens (primary N) is 1. The van der Waals surface area contributed by atoms with Gasteiger partial charge in [0.15, 0.2) is 0 Å². The second-order valence-corrected chi connectivity index (χ2v) is 5.51. The van der Waals surface area contributed by atoms with Gasteiger partial charge >= 0.3 is 0 Å². The van der Waals surface area contributed by atoms with E-state index in [1.54, 1.807) is 0 Å². The zero-order chi connectivity index (χ0) is 13.8. The first-order valence-corrected chi connectivity index (χ1v) is 7.14. The molecular weight excluding hydrogens is 256 g/mol. The van der Waals surface area contributed by atoms with Gasteiger partial charge in [0.2, 0.25) is 0 Å². The van der Waals surface area contributed by atoms with E-state index in [9.17, 15) is 0 Å². The van der Waals surface area contributed by atoms with Crippen molar-refractivity contribution in [1.82, 2.24) is 4.57 Å². The molecule has 0 fully saturated rings. The zero-order valence-electron chi connectivity index (χ0n) is 11.6. The molecule has 1 atom stereocenters. The Labute approximate surface area is 120 Å². The Balaban J connectivity index is 2.11. The van der Waals surface area contributed by atoms with Gasteiger partial charge in [0.05, 0.1) is 0 Å². The highest BCUT2D eigenvalue weighted by Crippen LogP contribution is 2.21. The molecule has 0 saturated heterocycles. The molecule has 0 bridgehead atoms. The van der Waals surface area contributed by atoms with Crippen LogP contribution >= 0.6 is 11.6 Å². The molecule has 2 rings (SSSR count). The first-order chi connectivity index (χ1) is 9.10. The second kappa shape index (κ2) is 6.27. The predicted octanol–water partition coefficient (Wildman–Crippen LogP) is 4.30. The summed E-state index contributed by atoms with van der Waals surface area (Å²) in [6.45, 7) is 4.99. The fraction of sp³-hybridized carbons (Fsp3) is 0.375. The van der Waals surface area contributed by atoms with E-state index < -0.39 is 0 Å². The lowest BCUT2D eigenvalue weighted by molar-refractivity contribution is 0.636. The standard InChI is InChI=1S/C16H21ClN2/c1-3-4-16(18)14-7-8-19(11-14)10-13-6-5-12(2)9-15(13)17/h5-9,11,16H,3-4,10,18H2,1-2H3. The lowest BCUT2D eigenvalue weighted by Gasteiger charge is -2.09. The van der Waals surface area contributed by atoms with Gasteiger partial charge in [-0.25, -0.2) is 0 Å². The van der Waals surface area contributed by atoms with E-state index in [1.165, 1.54) is 11.1 Å². The van der Waals surface area contributed by atoms with Crippen LogP contribution in [0.25, 0.3) is 0 Å². The van der Waals surface area contributed by atoms with Crippen molar-refractivity contribution in [2.24, 2.45) is 5.73 Å². The lowest BCUT2D eigenvalue weighted by atomic mass is 10.1. The van der Waals surface area contributed by atoms with Gasteiger partial charge in [0, 0.05) is 30.0 Å². The number of benzene rings is 1. The molecule has 0 aliphatic rings. The molecule has 0 spiro atoms. The summed E-state index contributed by atoms with van der Waals surface area (Å²) < 4.78 is 2.14. The highest BCUT2D eigenvalue weighted by molar-refractivity contribution is 6.31. The maximum Gasteiger partial charge on any atom is 0.0485 e. The number of aryl methyl sites for hydroxylation is 1. The van der Waals surface area contributed by atoms with Gasteiger partial charge in [-0.15, -0.1) is 0 Å². The summed E-state index contributed by atoms with van der Waals surface area (Å²) in [5.41, 5.74) is 9.65. The molecule has 1 unspecified atom stereocenters. The number of rotatable bonds is 5. The number of nitrogens with zero attached hydrogens (tertiary/aromatic N) is 1. The number of hydrogen-bond acceptors (Lipinski definition) is 1. The molecule has 0 amide bonds. The van der Waals surface area contributed by atoms with Crippen molar-refractivity contribution in [3.05, 3.63) is 58.4 Å². The molecule has 2 nitrogen and oxygen atoms in total. The van der Waals surface area contributed by atoms with E-state index in [4.69, 9.17) is 17.3 Å². The topological polar surface area (TPSA) is 30.9 Å². The van der Waals surface area contributed by atoms with Crippen LogP contribution in [0.3, 0.4) is 0 Å². The van der Waals surface area contributed by atoms with Gasteiger partial charge in [-0.3, -0.25) is 0 Å². The summed E-state index contributed by atoms with van der Waals surface area (Å²) >= 11 is 6.26. The minimum atomic E-state index is 0.139. The van der Waals surface area contributed by atoms with Crippen LogP contribution in [0.5, 0.6) is 0 Å². The van der Waals surface area contributed by atoms with Crippen LogP contribution in [0, 0.1) is 6.92 Å². The van der Waals surface area contributed by atoms with Crippen molar-refractivity contribution in [2.45, 2.75) is 39.3 Å². The molecule has 3 heteroatoms. The van der Waals surface area contributed by atoms with Crippen LogP contribution in [0.4, 0.5) is 0 Å². The minimum Gasteiger partial charge on any atom is -0.350 e. The van der Waals surface area contributed by atoms with Crippen molar-refractivity contribution >= 4 is 11.6 Å². The van der Waals surface area contributed by atoms with Gasteiger partial charge in [0.1, 0.15) is 0 Å². The largest absolute Gasteiger partial charge is 0.350 e. The van der Waals surface area contributed by atoms with Gasteiger partial charge in [-0.05, 0) is 42.2 Å². The summed E-state index contributed by atoms with van der Waals surface area (Å²) in [7, 11) is 0. The average Bonchev–Trinajstić information content (AvgIpc) is 2.82. The molecule has 2 aromatic rings. The molecule has 0 saturated carbocycles. The first kappa shape index (κ1) is 14.2. The average molecular weight is 277 g/mol. The molecule has 0 aliphatic heterocycles. The molecule has 1 aromatic heterocycles. The van der Waals surface area contributed by atoms with E-state index in [-0.39, 0.29) is 6.04 Å². The van der Waals surface area contributed by atoms with E-state index in [0.29, 0.717) is 0 Å². The Bertz CT molecular complexity index is 545. The molecule has 102 valence electrons. The van der Waals surface area contributed by atoms with Crippen molar-refractivity contribution in [3.8, 4) is 0 Å². The van der Waals surface area contributed by atoms with Gasteiger partial charge < -0.3 is 10.3 Å². The smallest absolute Gasteiger partial charge is 0.0485 e. The Morgan fingerprint density at radius 2 is 2.11 bits per heavy atom. The van der Waals surface area contributed by atoms with E-state index in [2.05, 4.69) is 42.1 Å². The number of halogens is 1. The van der Waals surface area contributed by atoms with Crippen molar-refractivity contribution in [3.63, 3.8) is 0 Å². The van der Waals surface area contributed by atoms with Crippen LogP contribution in [0.2, 0.25) is 5.02 Å². The van der Waals surface area contributed by atoms with Crippen molar-refractivity contribution < 1.29 is 0 Å². The SMILES string of the molecule is CCCC(N)c1ccn(Cc2ccc(C)cc2Cl)c1. The molecule has 2 N–H and O–H groups in total. The summed E-state index contributed by atoms with van der Waals surface area (Å²) in [4.78, 5) is 0. The normalized spacial score (nSPS) is 12.6. The monoisotopic (exact) mass is 276 g/mol. The van der Waals surface area contributed by atoms with Crippen molar-refractivity contribution in [1.29, 1.82) is 0 Å². The van der Waals surface area contributed by atoms with Gasteiger partial charge in [0.25, 0.3) is 0 Å². The van der Waals surface area contributed by atoms with E-state index in [1.807, 2.05) is 13.0 Å². The summed E-state index contributed by atoms with van der Waals surface area (Å²) in [6.07, 6.45) is 6.32. The third-order valence-corrected chi connectivity index (χ3v) is 3.71. The third-order valence-electron chi connectivity index (χ3n) is 3.36. The molecule has 0 aliphatic carbocycles. The quantitative estimate of drug-likeness (QED) is 0.867. The Kier molecular flexibility index (Phi) is 4.67. The molecular formula is C16H21ClN2. The van der Waals surface area contributed by atoms with E-state index in [0.717, 1.165) is 30.0 Å². The Morgan fingerprint density at radius 1 is 1.32 bits per heavy atom. The first-order valence-electron chi connectivity index (χ1n) is 6.76. The fourth-order valence-corrected chi connectivity index (χ4v) is 2.53. The molecule has 1 heterocycles. The minimum absolute atomic E-state index is 0.139. The highest BCUT2D eigenvalue weighted by atomic mass is 35.5. The molecule has 0 radical (unpaired) electrons. The zero-order valence-corrected chi connectivity index (χ0v) is 12.3. The Morgan fingerprint density at radius 3 is 2.79 bits per heavy atom. The van der Waals surface area contributed by atoms with Crippen molar-refractivity contribution in [2.75, 3.05) is 0 Å². The summed E-state index contributed by atoms with van der Waals surface area (Å²) in [5.74, 6) is 0. The number of hydrogen-bond donors (Lipinski definition) is 1. The van der Waals surface area contributed by atoms with Crippen LogP contribution in [-0.4, -0.2) is 4.57 Å². The van der Waals surface area contributed by atoms with Crippen LogP contribution < -0.4 is 5.73 Å². The maximum atomic E-state index is 6.26.